The van der Waals surface area contributed by atoms with Gasteiger partial charge in [-0.2, -0.15) is 0 Å². The second-order valence-electron chi connectivity index (χ2n) is 5.07. The highest BCUT2D eigenvalue weighted by atomic mass is 32.2. The Kier molecular flexibility index (Phi) is 4.62. The van der Waals surface area contributed by atoms with Gasteiger partial charge in [-0.25, -0.2) is 17.5 Å². The van der Waals surface area contributed by atoms with Crippen LogP contribution in [-0.2, 0) is 10.0 Å². The van der Waals surface area contributed by atoms with Crippen molar-refractivity contribution in [2.75, 3.05) is 25.4 Å². The van der Waals surface area contributed by atoms with E-state index < -0.39 is 15.8 Å². The summed E-state index contributed by atoms with van der Waals surface area (Å²) in [6, 6.07) is 3.21. The lowest BCUT2D eigenvalue weighted by Crippen LogP contribution is -2.47. The fourth-order valence-electron chi connectivity index (χ4n) is 2.47. The van der Waals surface area contributed by atoms with Crippen LogP contribution in [0.2, 0.25) is 0 Å². The predicted octanol–water partition coefficient (Wildman–Crippen LogP) is 1.17. The van der Waals surface area contributed by atoms with Crippen molar-refractivity contribution in [1.29, 1.82) is 0 Å². The summed E-state index contributed by atoms with van der Waals surface area (Å²) in [7, 11) is -3.73. The van der Waals surface area contributed by atoms with Gasteiger partial charge in [0.05, 0.1) is 4.90 Å². The molecule has 1 atom stereocenters. The van der Waals surface area contributed by atoms with Gasteiger partial charge in [0.25, 0.3) is 0 Å². The summed E-state index contributed by atoms with van der Waals surface area (Å²) in [5.74, 6) is -0.649. The number of nitrogen functional groups attached to an aromatic ring is 1. The molecule has 0 aliphatic carbocycles. The number of anilines is 1. The molecule has 1 aliphatic rings. The summed E-state index contributed by atoms with van der Waals surface area (Å²) in [4.78, 5) is 2.07. The molecule has 0 aromatic heterocycles. The third kappa shape index (κ3) is 3.68. The standard InChI is InChI=1S/C13H20FN3O2S/c1-2-17-5-3-4-12(9-17)16-20(18,19)13-7-10(14)6-11(15)8-13/h6-8,12,16H,2-5,9,15H2,1H3. The molecule has 112 valence electrons. The molecule has 0 bridgehead atoms. The van der Waals surface area contributed by atoms with E-state index in [1.807, 2.05) is 6.92 Å². The van der Waals surface area contributed by atoms with E-state index in [0.717, 1.165) is 38.1 Å². The van der Waals surface area contributed by atoms with E-state index in [1.54, 1.807) is 0 Å². The summed E-state index contributed by atoms with van der Waals surface area (Å²) < 4.78 is 40.4. The van der Waals surface area contributed by atoms with E-state index in [2.05, 4.69) is 9.62 Å². The fourth-order valence-corrected chi connectivity index (χ4v) is 3.79. The van der Waals surface area contributed by atoms with E-state index in [-0.39, 0.29) is 16.6 Å². The molecule has 0 radical (unpaired) electrons. The molecule has 5 nitrogen and oxygen atoms in total. The minimum Gasteiger partial charge on any atom is -0.399 e. The van der Waals surface area contributed by atoms with Crippen molar-refractivity contribution in [2.45, 2.75) is 30.7 Å². The molecule has 3 N–H and O–H groups in total. The Bertz CT molecular complexity index is 557. The molecule has 0 spiro atoms. The van der Waals surface area contributed by atoms with Gasteiger partial charge < -0.3 is 10.6 Å². The summed E-state index contributed by atoms with van der Waals surface area (Å²) in [6.45, 7) is 4.61. The number of likely N-dealkylation sites (tertiary alicyclic amines) is 1. The zero-order chi connectivity index (χ0) is 14.8. The number of nitrogens with two attached hydrogens (primary N) is 1. The Balaban J connectivity index is 2.14. The Hall–Kier alpha value is -1.18. The number of piperidine rings is 1. The lowest BCUT2D eigenvalue weighted by Gasteiger charge is -2.32. The second-order valence-corrected chi connectivity index (χ2v) is 6.79. The van der Waals surface area contributed by atoms with Crippen molar-refractivity contribution < 1.29 is 12.8 Å². The molecule has 0 amide bonds. The van der Waals surface area contributed by atoms with Crippen molar-refractivity contribution in [3.8, 4) is 0 Å². The number of hydrogen-bond acceptors (Lipinski definition) is 4. The molecule has 1 unspecified atom stereocenters. The van der Waals surface area contributed by atoms with Gasteiger partial charge in [-0.05, 0) is 44.1 Å². The minimum absolute atomic E-state index is 0.101. The van der Waals surface area contributed by atoms with Crippen LogP contribution in [0.5, 0.6) is 0 Å². The SMILES string of the molecule is CCN1CCCC(NS(=O)(=O)c2cc(N)cc(F)c2)C1. The van der Waals surface area contributed by atoms with Gasteiger partial charge in [-0.1, -0.05) is 6.92 Å². The molecule has 2 rings (SSSR count). The predicted molar refractivity (Wildman–Crippen MR) is 76.3 cm³/mol. The molecule has 20 heavy (non-hydrogen) atoms. The fraction of sp³-hybridized carbons (Fsp3) is 0.538. The van der Waals surface area contributed by atoms with E-state index in [1.165, 1.54) is 6.07 Å². The summed E-state index contributed by atoms with van der Waals surface area (Å²) >= 11 is 0. The summed E-state index contributed by atoms with van der Waals surface area (Å²) in [5, 5.41) is 0. The molecular formula is C13H20FN3O2S. The van der Waals surface area contributed by atoms with Crippen LogP contribution in [0.1, 0.15) is 19.8 Å². The first-order valence-electron chi connectivity index (χ1n) is 6.71. The van der Waals surface area contributed by atoms with Crippen LogP contribution in [0.4, 0.5) is 10.1 Å². The average molecular weight is 301 g/mol. The first kappa shape index (κ1) is 15.2. The highest BCUT2D eigenvalue weighted by Gasteiger charge is 2.25. The molecule has 1 aliphatic heterocycles. The third-order valence-corrected chi connectivity index (χ3v) is 4.98. The second kappa shape index (κ2) is 6.07. The number of benzene rings is 1. The van der Waals surface area contributed by atoms with Gasteiger partial charge in [0.1, 0.15) is 5.82 Å². The number of likely N-dealkylation sites (N-methyl/N-ethyl adjacent to an activating group) is 1. The molecule has 7 heteroatoms. The highest BCUT2D eigenvalue weighted by molar-refractivity contribution is 7.89. The molecule has 1 aromatic rings. The number of nitrogens with one attached hydrogen (secondary N) is 1. The van der Waals surface area contributed by atoms with Crippen molar-refractivity contribution in [2.24, 2.45) is 0 Å². The monoisotopic (exact) mass is 301 g/mol. The summed E-state index contributed by atoms with van der Waals surface area (Å²) in [6.07, 6.45) is 1.74. The van der Waals surface area contributed by atoms with Crippen LogP contribution in [0.15, 0.2) is 23.1 Å². The van der Waals surface area contributed by atoms with Gasteiger partial charge in [-0.3, -0.25) is 0 Å². The maximum Gasteiger partial charge on any atom is 0.241 e. The average Bonchev–Trinajstić information content (AvgIpc) is 2.37. The first-order chi connectivity index (χ1) is 9.40. The van der Waals surface area contributed by atoms with Crippen molar-refractivity contribution in [1.82, 2.24) is 9.62 Å². The number of rotatable bonds is 4. The van der Waals surface area contributed by atoms with E-state index in [9.17, 15) is 12.8 Å². The number of halogens is 1. The van der Waals surface area contributed by atoms with Crippen molar-refractivity contribution in [3.05, 3.63) is 24.0 Å². The lowest BCUT2D eigenvalue weighted by molar-refractivity contribution is 0.211. The molecular weight excluding hydrogens is 281 g/mol. The molecule has 1 saturated heterocycles. The van der Waals surface area contributed by atoms with Crippen LogP contribution in [0.25, 0.3) is 0 Å². The topological polar surface area (TPSA) is 75.4 Å². The summed E-state index contributed by atoms with van der Waals surface area (Å²) in [5.41, 5.74) is 5.59. The number of hydrogen-bond donors (Lipinski definition) is 2. The number of sulfonamides is 1. The first-order valence-corrected chi connectivity index (χ1v) is 8.20. The normalized spacial score (nSPS) is 21.0. The Morgan fingerprint density at radius 3 is 2.85 bits per heavy atom. The molecule has 1 heterocycles. The largest absolute Gasteiger partial charge is 0.399 e. The zero-order valence-electron chi connectivity index (χ0n) is 11.5. The molecule has 0 saturated carbocycles. The zero-order valence-corrected chi connectivity index (χ0v) is 12.3. The Labute approximate surface area is 119 Å². The maximum atomic E-state index is 13.3. The van der Waals surface area contributed by atoms with Gasteiger partial charge in [-0.15, -0.1) is 0 Å². The van der Waals surface area contributed by atoms with E-state index in [4.69, 9.17) is 5.73 Å². The van der Waals surface area contributed by atoms with Gasteiger partial charge in [0.2, 0.25) is 10.0 Å². The van der Waals surface area contributed by atoms with Crippen LogP contribution in [0, 0.1) is 5.82 Å². The Morgan fingerprint density at radius 1 is 1.45 bits per heavy atom. The maximum absolute atomic E-state index is 13.3. The van der Waals surface area contributed by atoms with Crippen LogP contribution >= 0.6 is 0 Å². The minimum atomic E-state index is -3.73. The van der Waals surface area contributed by atoms with Crippen LogP contribution in [-0.4, -0.2) is 39.0 Å². The third-order valence-electron chi connectivity index (χ3n) is 3.48. The quantitative estimate of drug-likeness (QED) is 0.819. The molecule has 1 aromatic carbocycles. The van der Waals surface area contributed by atoms with Crippen LogP contribution < -0.4 is 10.5 Å². The van der Waals surface area contributed by atoms with Gasteiger partial charge in [0, 0.05) is 18.3 Å². The van der Waals surface area contributed by atoms with Crippen LogP contribution in [0.3, 0.4) is 0 Å². The highest BCUT2D eigenvalue weighted by Crippen LogP contribution is 2.18. The smallest absolute Gasteiger partial charge is 0.241 e. The van der Waals surface area contributed by atoms with E-state index in [0.29, 0.717) is 6.54 Å². The number of nitrogens with zero attached hydrogens (tertiary/aromatic N) is 1. The lowest BCUT2D eigenvalue weighted by atomic mass is 10.1. The van der Waals surface area contributed by atoms with Gasteiger partial charge in [0.15, 0.2) is 0 Å². The van der Waals surface area contributed by atoms with Crippen molar-refractivity contribution >= 4 is 15.7 Å². The Morgan fingerprint density at radius 2 is 2.20 bits per heavy atom. The van der Waals surface area contributed by atoms with Crippen molar-refractivity contribution in [3.63, 3.8) is 0 Å². The van der Waals surface area contributed by atoms with Gasteiger partial charge >= 0.3 is 0 Å². The van der Waals surface area contributed by atoms with E-state index >= 15 is 0 Å². The molecule has 1 fully saturated rings.